The summed E-state index contributed by atoms with van der Waals surface area (Å²) in [4.78, 5) is 0. The Labute approximate surface area is 110 Å². The van der Waals surface area contributed by atoms with Crippen molar-refractivity contribution in [2.24, 2.45) is 0 Å². The molecule has 0 radical (unpaired) electrons. The Hall–Kier alpha value is -0.460. The molecule has 0 aliphatic carbocycles. The number of hydrogen-bond acceptors (Lipinski definition) is 4. The zero-order chi connectivity index (χ0) is 12.5. The van der Waals surface area contributed by atoms with E-state index in [0.717, 1.165) is 15.6 Å². The van der Waals surface area contributed by atoms with E-state index in [-0.39, 0.29) is 0 Å². The van der Waals surface area contributed by atoms with Gasteiger partial charge in [0.05, 0.1) is 13.2 Å². The quantitative estimate of drug-likeness (QED) is 0.546. The molecule has 0 aliphatic rings. The highest BCUT2D eigenvalue weighted by Crippen LogP contribution is 2.20. The maximum absolute atomic E-state index is 5.28. The summed E-state index contributed by atoms with van der Waals surface area (Å²) in [6.45, 7) is 1.65. The van der Waals surface area contributed by atoms with Gasteiger partial charge in [0.15, 0.2) is 0 Å². The van der Waals surface area contributed by atoms with Crippen molar-refractivity contribution in [2.75, 3.05) is 27.8 Å². The standard InChI is InChI=1S/C12H17BrO4/c1-14-8-16-6-10-3-4-11(12(13)5-10)7-17-9-15-2/h3-5H,6-9H2,1-2H3. The molecule has 0 spiro atoms. The summed E-state index contributed by atoms with van der Waals surface area (Å²) < 4.78 is 21.2. The van der Waals surface area contributed by atoms with E-state index in [2.05, 4.69) is 15.9 Å². The number of hydrogen-bond donors (Lipinski definition) is 0. The van der Waals surface area contributed by atoms with Gasteiger partial charge >= 0.3 is 0 Å². The molecule has 0 atom stereocenters. The number of ether oxygens (including phenoxy) is 4. The maximum Gasteiger partial charge on any atom is 0.146 e. The molecule has 17 heavy (non-hydrogen) atoms. The van der Waals surface area contributed by atoms with E-state index >= 15 is 0 Å². The van der Waals surface area contributed by atoms with Crippen LogP contribution in [0.5, 0.6) is 0 Å². The minimum Gasteiger partial charge on any atom is -0.359 e. The lowest BCUT2D eigenvalue weighted by Gasteiger charge is -2.08. The summed E-state index contributed by atoms with van der Waals surface area (Å²) in [6, 6.07) is 6.03. The molecule has 1 aromatic carbocycles. The minimum atomic E-state index is 0.297. The number of halogens is 1. The van der Waals surface area contributed by atoms with E-state index in [0.29, 0.717) is 26.8 Å². The molecular formula is C12H17BrO4. The van der Waals surface area contributed by atoms with Crippen molar-refractivity contribution in [3.05, 3.63) is 33.8 Å². The number of methoxy groups -OCH3 is 2. The summed E-state index contributed by atoms with van der Waals surface area (Å²) in [5.41, 5.74) is 2.17. The zero-order valence-electron chi connectivity index (χ0n) is 10.1. The van der Waals surface area contributed by atoms with Crippen molar-refractivity contribution in [1.29, 1.82) is 0 Å². The molecule has 0 aromatic heterocycles. The normalized spacial score (nSPS) is 10.8. The highest BCUT2D eigenvalue weighted by atomic mass is 79.9. The van der Waals surface area contributed by atoms with Gasteiger partial charge in [-0.25, -0.2) is 0 Å². The smallest absolute Gasteiger partial charge is 0.146 e. The Bertz CT molecular complexity index is 330. The van der Waals surface area contributed by atoms with Gasteiger partial charge in [0.25, 0.3) is 0 Å². The zero-order valence-corrected chi connectivity index (χ0v) is 11.7. The Morgan fingerprint density at radius 1 is 1.00 bits per heavy atom. The first-order valence-electron chi connectivity index (χ1n) is 5.18. The fourth-order valence-electron chi connectivity index (χ4n) is 1.28. The topological polar surface area (TPSA) is 36.9 Å². The third-order valence-corrected chi connectivity index (χ3v) is 2.78. The van der Waals surface area contributed by atoms with Gasteiger partial charge in [-0.15, -0.1) is 0 Å². The molecule has 0 amide bonds. The first-order chi connectivity index (χ1) is 8.27. The lowest BCUT2D eigenvalue weighted by atomic mass is 10.1. The molecule has 4 nitrogen and oxygen atoms in total. The van der Waals surface area contributed by atoms with Gasteiger partial charge < -0.3 is 18.9 Å². The van der Waals surface area contributed by atoms with Crippen molar-refractivity contribution in [3.8, 4) is 0 Å². The van der Waals surface area contributed by atoms with Gasteiger partial charge in [-0.2, -0.15) is 0 Å². The van der Waals surface area contributed by atoms with Crippen molar-refractivity contribution >= 4 is 15.9 Å². The molecule has 0 heterocycles. The molecule has 1 rings (SSSR count). The van der Waals surface area contributed by atoms with Crippen LogP contribution < -0.4 is 0 Å². The summed E-state index contributed by atoms with van der Waals surface area (Å²) in [6.07, 6.45) is 0. The summed E-state index contributed by atoms with van der Waals surface area (Å²) >= 11 is 3.50. The van der Waals surface area contributed by atoms with Crippen molar-refractivity contribution < 1.29 is 18.9 Å². The number of rotatable bonds is 8. The molecular weight excluding hydrogens is 288 g/mol. The molecule has 0 unspecified atom stereocenters. The molecule has 0 N–H and O–H groups in total. The second-order valence-electron chi connectivity index (χ2n) is 3.44. The maximum atomic E-state index is 5.28. The predicted molar refractivity (Wildman–Crippen MR) is 67.5 cm³/mol. The summed E-state index contributed by atoms with van der Waals surface area (Å²) in [5.74, 6) is 0. The second kappa shape index (κ2) is 8.60. The molecule has 1 aromatic rings. The SMILES string of the molecule is COCOCc1ccc(COCOC)c(Br)c1. The largest absolute Gasteiger partial charge is 0.359 e. The van der Waals surface area contributed by atoms with Crippen LogP contribution in [-0.2, 0) is 32.2 Å². The second-order valence-corrected chi connectivity index (χ2v) is 4.29. The van der Waals surface area contributed by atoms with Gasteiger partial charge in [0.1, 0.15) is 13.6 Å². The molecule has 0 saturated carbocycles. The molecule has 0 bridgehead atoms. The molecule has 96 valence electrons. The monoisotopic (exact) mass is 304 g/mol. The van der Waals surface area contributed by atoms with Crippen LogP contribution in [0.1, 0.15) is 11.1 Å². The fraction of sp³-hybridized carbons (Fsp3) is 0.500. The lowest BCUT2D eigenvalue weighted by molar-refractivity contribution is -0.0401. The van der Waals surface area contributed by atoms with Crippen LogP contribution in [0.3, 0.4) is 0 Å². The van der Waals surface area contributed by atoms with Crippen molar-refractivity contribution in [2.45, 2.75) is 13.2 Å². The van der Waals surface area contributed by atoms with Crippen LogP contribution in [0, 0.1) is 0 Å². The Kier molecular flexibility index (Phi) is 7.39. The third-order valence-electron chi connectivity index (χ3n) is 2.05. The number of benzene rings is 1. The average molecular weight is 305 g/mol. The van der Waals surface area contributed by atoms with Gasteiger partial charge in [-0.3, -0.25) is 0 Å². The van der Waals surface area contributed by atoms with Crippen LogP contribution in [0.15, 0.2) is 22.7 Å². The predicted octanol–water partition coefficient (Wildman–Crippen LogP) is 2.69. The van der Waals surface area contributed by atoms with E-state index in [4.69, 9.17) is 18.9 Å². The summed E-state index contributed by atoms with van der Waals surface area (Å²) in [5, 5.41) is 0. The molecule has 0 fully saturated rings. The minimum absolute atomic E-state index is 0.297. The van der Waals surface area contributed by atoms with Crippen molar-refractivity contribution in [1.82, 2.24) is 0 Å². The van der Waals surface area contributed by atoms with E-state index in [1.54, 1.807) is 14.2 Å². The first kappa shape index (κ1) is 14.6. The Balaban J connectivity index is 2.47. The molecule has 0 aliphatic heterocycles. The van der Waals surface area contributed by atoms with Crippen LogP contribution in [0.4, 0.5) is 0 Å². The Morgan fingerprint density at radius 3 is 2.24 bits per heavy atom. The van der Waals surface area contributed by atoms with E-state index < -0.39 is 0 Å². The van der Waals surface area contributed by atoms with Crippen LogP contribution in [0.2, 0.25) is 0 Å². The van der Waals surface area contributed by atoms with E-state index in [1.165, 1.54) is 0 Å². The highest BCUT2D eigenvalue weighted by molar-refractivity contribution is 9.10. The van der Waals surface area contributed by atoms with Gasteiger partial charge in [-0.05, 0) is 17.2 Å². The first-order valence-corrected chi connectivity index (χ1v) is 5.98. The Morgan fingerprint density at radius 2 is 1.65 bits per heavy atom. The van der Waals surface area contributed by atoms with Crippen LogP contribution in [-0.4, -0.2) is 27.8 Å². The highest BCUT2D eigenvalue weighted by Gasteiger charge is 2.02. The van der Waals surface area contributed by atoms with Gasteiger partial charge in [-0.1, -0.05) is 28.1 Å². The van der Waals surface area contributed by atoms with Gasteiger partial charge in [0, 0.05) is 18.7 Å². The van der Waals surface area contributed by atoms with Gasteiger partial charge in [0.2, 0.25) is 0 Å². The van der Waals surface area contributed by atoms with E-state index in [1.807, 2.05) is 18.2 Å². The van der Waals surface area contributed by atoms with E-state index in [9.17, 15) is 0 Å². The van der Waals surface area contributed by atoms with Crippen LogP contribution >= 0.6 is 15.9 Å². The molecule has 0 saturated heterocycles. The molecule has 5 heteroatoms. The summed E-state index contributed by atoms with van der Waals surface area (Å²) in [7, 11) is 3.21. The average Bonchev–Trinajstić information content (AvgIpc) is 2.32. The van der Waals surface area contributed by atoms with Crippen molar-refractivity contribution in [3.63, 3.8) is 0 Å². The lowest BCUT2D eigenvalue weighted by Crippen LogP contribution is -2.00. The fourth-order valence-corrected chi connectivity index (χ4v) is 1.82. The third kappa shape index (κ3) is 5.61. The van der Waals surface area contributed by atoms with Crippen LogP contribution in [0.25, 0.3) is 0 Å².